The molecule has 0 heterocycles. The molecule has 0 saturated heterocycles. The van der Waals surface area contributed by atoms with E-state index in [4.69, 9.17) is 11.6 Å². The van der Waals surface area contributed by atoms with Gasteiger partial charge in [-0.1, -0.05) is 47.5 Å². The van der Waals surface area contributed by atoms with Crippen molar-refractivity contribution in [2.24, 2.45) is 0 Å². The van der Waals surface area contributed by atoms with Crippen LogP contribution in [0, 0.1) is 13.8 Å². The Kier molecular flexibility index (Phi) is 6.48. The van der Waals surface area contributed by atoms with Crippen LogP contribution in [0.15, 0.2) is 71.6 Å². The fraction of sp³-hybridized carbons (Fsp3) is 0.174. The minimum atomic E-state index is -3.74. The third-order valence-corrected chi connectivity index (χ3v) is 6.89. The molecular weight excluding hydrogens is 420 g/mol. The zero-order chi connectivity index (χ0) is 21.9. The summed E-state index contributed by atoms with van der Waals surface area (Å²) in [6.07, 6.45) is 0. The van der Waals surface area contributed by atoms with Gasteiger partial charge in [0, 0.05) is 24.2 Å². The summed E-state index contributed by atoms with van der Waals surface area (Å²) in [6, 6.07) is 18.9. The average Bonchev–Trinajstić information content (AvgIpc) is 2.73. The van der Waals surface area contributed by atoms with Crippen molar-refractivity contribution in [1.82, 2.24) is 5.32 Å². The number of rotatable bonds is 6. The van der Waals surface area contributed by atoms with Gasteiger partial charge in [0.1, 0.15) is 0 Å². The molecular formula is C23H23ClN2O3S. The molecule has 30 heavy (non-hydrogen) atoms. The van der Waals surface area contributed by atoms with Crippen LogP contribution in [0.1, 0.15) is 27.0 Å². The fourth-order valence-corrected chi connectivity index (χ4v) is 4.35. The van der Waals surface area contributed by atoms with E-state index in [1.54, 1.807) is 54.6 Å². The lowest BCUT2D eigenvalue weighted by Gasteiger charge is -2.22. The number of nitrogens with zero attached hydrogens (tertiary/aromatic N) is 1. The Balaban J connectivity index is 1.82. The highest BCUT2D eigenvalue weighted by atomic mass is 35.5. The summed E-state index contributed by atoms with van der Waals surface area (Å²) in [5.74, 6) is -0.285. The highest BCUT2D eigenvalue weighted by Crippen LogP contribution is 2.26. The molecule has 3 aromatic carbocycles. The van der Waals surface area contributed by atoms with E-state index in [9.17, 15) is 13.2 Å². The van der Waals surface area contributed by atoms with Gasteiger partial charge in [0.15, 0.2) is 0 Å². The van der Waals surface area contributed by atoms with Crippen molar-refractivity contribution in [3.63, 3.8) is 0 Å². The standard InChI is InChI=1S/C23H23ClN2O3S/c1-16-4-12-21(13-5-16)30(28,29)26(3)22-14-19(9-6-17(22)2)23(27)25-15-18-7-10-20(24)11-8-18/h4-14H,15H2,1-3H3,(H,25,27). The first kappa shape index (κ1) is 21.9. The lowest BCUT2D eigenvalue weighted by Crippen LogP contribution is -2.28. The van der Waals surface area contributed by atoms with Gasteiger partial charge in [0.2, 0.25) is 0 Å². The molecule has 0 spiro atoms. The summed E-state index contributed by atoms with van der Waals surface area (Å²) < 4.78 is 27.3. The van der Waals surface area contributed by atoms with E-state index >= 15 is 0 Å². The van der Waals surface area contributed by atoms with Gasteiger partial charge in [-0.2, -0.15) is 0 Å². The Bertz CT molecular complexity index is 1160. The van der Waals surface area contributed by atoms with Gasteiger partial charge in [-0.15, -0.1) is 0 Å². The zero-order valence-corrected chi connectivity index (χ0v) is 18.6. The average molecular weight is 443 g/mol. The van der Waals surface area contributed by atoms with Crippen molar-refractivity contribution in [2.75, 3.05) is 11.4 Å². The number of hydrogen-bond acceptors (Lipinski definition) is 3. The van der Waals surface area contributed by atoms with Gasteiger partial charge in [-0.3, -0.25) is 9.10 Å². The SMILES string of the molecule is Cc1ccc(S(=O)(=O)N(C)c2cc(C(=O)NCc3ccc(Cl)cc3)ccc2C)cc1. The number of aryl methyl sites for hydroxylation is 2. The molecule has 0 aliphatic heterocycles. The first-order valence-corrected chi connectivity index (χ1v) is 11.2. The van der Waals surface area contributed by atoms with E-state index in [1.807, 2.05) is 26.0 Å². The zero-order valence-electron chi connectivity index (χ0n) is 17.0. The first-order valence-electron chi connectivity index (χ1n) is 9.37. The normalized spacial score (nSPS) is 11.2. The minimum Gasteiger partial charge on any atom is -0.348 e. The highest BCUT2D eigenvalue weighted by Gasteiger charge is 2.23. The van der Waals surface area contributed by atoms with Crippen molar-refractivity contribution >= 4 is 33.2 Å². The number of anilines is 1. The molecule has 0 bridgehead atoms. The smallest absolute Gasteiger partial charge is 0.264 e. The number of halogens is 1. The second-order valence-electron chi connectivity index (χ2n) is 7.10. The molecule has 0 aliphatic rings. The molecule has 0 atom stereocenters. The Morgan fingerprint density at radius 1 is 0.967 bits per heavy atom. The molecule has 0 aliphatic carbocycles. The van der Waals surface area contributed by atoms with Gasteiger partial charge in [0.05, 0.1) is 10.6 Å². The number of benzene rings is 3. The Morgan fingerprint density at radius 3 is 2.23 bits per heavy atom. The third-order valence-electron chi connectivity index (χ3n) is 4.86. The van der Waals surface area contributed by atoms with Crippen molar-refractivity contribution in [1.29, 1.82) is 0 Å². The van der Waals surface area contributed by atoms with Crippen LogP contribution in [-0.4, -0.2) is 21.4 Å². The Hall–Kier alpha value is -2.83. The van der Waals surface area contributed by atoms with Crippen molar-refractivity contribution < 1.29 is 13.2 Å². The molecule has 1 amide bonds. The summed E-state index contributed by atoms with van der Waals surface area (Å²) in [6.45, 7) is 4.05. The quantitative estimate of drug-likeness (QED) is 0.601. The second kappa shape index (κ2) is 8.90. The third kappa shape index (κ3) is 4.83. The van der Waals surface area contributed by atoms with E-state index in [0.717, 1.165) is 16.7 Å². The van der Waals surface area contributed by atoms with E-state index in [1.165, 1.54) is 11.4 Å². The molecule has 0 radical (unpaired) electrons. The van der Waals surface area contributed by atoms with Gasteiger partial charge in [-0.25, -0.2) is 8.42 Å². The molecule has 7 heteroatoms. The summed E-state index contributed by atoms with van der Waals surface area (Å²) >= 11 is 5.88. The maximum Gasteiger partial charge on any atom is 0.264 e. The molecule has 1 N–H and O–H groups in total. The van der Waals surface area contributed by atoms with Crippen LogP contribution in [-0.2, 0) is 16.6 Å². The predicted octanol–water partition coefficient (Wildman–Crippen LogP) is 4.71. The highest BCUT2D eigenvalue weighted by molar-refractivity contribution is 7.92. The monoisotopic (exact) mass is 442 g/mol. The van der Waals surface area contributed by atoms with E-state index < -0.39 is 10.0 Å². The largest absolute Gasteiger partial charge is 0.348 e. The first-order chi connectivity index (χ1) is 14.2. The van der Waals surface area contributed by atoms with Crippen LogP contribution in [0.25, 0.3) is 0 Å². The topological polar surface area (TPSA) is 66.5 Å². The summed E-state index contributed by atoms with van der Waals surface area (Å²) in [4.78, 5) is 12.8. The summed E-state index contributed by atoms with van der Waals surface area (Å²) in [5, 5.41) is 3.48. The summed E-state index contributed by atoms with van der Waals surface area (Å²) in [7, 11) is -2.25. The number of sulfonamides is 1. The lowest BCUT2D eigenvalue weighted by molar-refractivity contribution is 0.0951. The number of carbonyl (C=O) groups is 1. The van der Waals surface area contributed by atoms with Crippen molar-refractivity contribution in [3.8, 4) is 0 Å². The molecule has 5 nitrogen and oxygen atoms in total. The van der Waals surface area contributed by atoms with E-state index in [-0.39, 0.29) is 10.8 Å². The van der Waals surface area contributed by atoms with Gasteiger partial charge in [0.25, 0.3) is 15.9 Å². The molecule has 3 rings (SSSR count). The molecule has 0 saturated carbocycles. The van der Waals surface area contributed by atoms with Crippen LogP contribution < -0.4 is 9.62 Å². The van der Waals surface area contributed by atoms with Gasteiger partial charge < -0.3 is 5.32 Å². The number of amides is 1. The molecule has 0 aromatic heterocycles. The lowest BCUT2D eigenvalue weighted by atomic mass is 10.1. The maximum absolute atomic E-state index is 13.0. The molecule has 0 unspecified atom stereocenters. The predicted molar refractivity (Wildman–Crippen MR) is 121 cm³/mol. The van der Waals surface area contributed by atoms with E-state index in [2.05, 4.69) is 5.32 Å². The Labute approximate surface area is 182 Å². The number of hydrogen-bond donors (Lipinski definition) is 1. The van der Waals surface area contributed by atoms with Crippen LogP contribution in [0.3, 0.4) is 0 Å². The van der Waals surface area contributed by atoms with Crippen LogP contribution in [0.5, 0.6) is 0 Å². The second-order valence-corrected chi connectivity index (χ2v) is 9.50. The number of carbonyl (C=O) groups excluding carboxylic acids is 1. The van der Waals surface area contributed by atoms with Crippen LogP contribution in [0.2, 0.25) is 5.02 Å². The van der Waals surface area contributed by atoms with Crippen LogP contribution in [0.4, 0.5) is 5.69 Å². The molecule has 156 valence electrons. The summed E-state index contributed by atoms with van der Waals surface area (Å²) in [5.41, 5.74) is 3.49. The minimum absolute atomic E-state index is 0.201. The van der Waals surface area contributed by atoms with E-state index in [0.29, 0.717) is 22.8 Å². The van der Waals surface area contributed by atoms with Crippen LogP contribution >= 0.6 is 11.6 Å². The maximum atomic E-state index is 13.0. The fourth-order valence-electron chi connectivity index (χ4n) is 2.97. The van der Waals surface area contributed by atoms with Gasteiger partial charge >= 0.3 is 0 Å². The number of nitrogens with one attached hydrogen (secondary N) is 1. The Morgan fingerprint density at radius 2 is 1.60 bits per heavy atom. The van der Waals surface area contributed by atoms with Crippen molar-refractivity contribution in [3.05, 3.63) is 94.0 Å². The molecule has 0 fully saturated rings. The van der Waals surface area contributed by atoms with Crippen molar-refractivity contribution in [2.45, 2.75) is 25.3 Å². The van der Waals surface area contributed by atoms with Gasteiger partial charge in [-0.05, 0) is 61.4 Å². The molecule has 3 aromatic rings.